The molecule has 3 aromatic carbocycles. The van der Waals surface area contributed by atoms with Gasteiger partial charge in [-0.15, -0.1) is 0 Å². The van der Waals surface area contributed by atoms with Crippen molar-refractivity contribution in [3.63, 3.8) is 0 Å². The first-order chi connectivity index (χ1) is 15.7. The van der Waals surface area contributed by atoms with Crippen molar-refractivity contribution >= 4 is 42.6 Å². The van der Waals surface area contributed by atoms with Gasteiger partial charge in [-0.2, -0.15) is 4.31 Å². The molecule has 33 heavy (non-hydrogen) atoms. The van der Waals surface area contributed by atoms with E-state index >= 15 is 0 Å². The third-order valence-corrected chi connectivity index (χ3v) is 8.12. The molecule has 8 heteroatoms. The highest BCUT2D eigenvalue weighted by molar-refractivity contribution is 7.89. The summed E-state index contributed by atoms with van der Waals surface area (Å²) in [5.41, 5.74) is 3.32. The highest BCUT2D eigenvalue weighted by atomic mass is 32.2. The summed E-state index contributed by atoms with van der Waals surface area (Å²) < 4.78 is 28.1. The third-order valence-electron chi connectivity index (χ3n) is 5.37. The van der Waals surface area contributed by atoms with Crippen LogP contribution in [-0.4, -0.2) is 30.7 Å². The van der Waals surface area contributed by atoms with Crippen molar-refractivity contribution in [1.82, 2.24) is 9.29 Å². The second-order valence-electron chi connectivity index (χ2n) is 8.13. The average molecular weight is 480 g/mol. The zero-order valence-electron chi connectivity index (χ0n) is 18.6. The van der Waals surface area contributed by atoms with E-state index in [1.54, 1.807) is 7.05 Å². The van der Waals surface area contributed by atoms with Gasteiger partial charge in [-0.25, -0.2) is 13.4 Å². The molecular weight excluding hydrogens is 454 g/mol. The Morgan fingerprint density at radius 1 is 1.03 bits per heavy atom. The number of thiazole rings is 1. The molecule has 0 saturated heterocycles. The van der Waals surface area contributed by atoms with E-state index in [4.69, 9.17) is 0 Å². The second kappa shape index (κ2) is 9.43. The van der Waals surface area contributed by atoms with Crippen molar-refractivity contribution in [2.75, 3.05) is 12.4 Å². The van der Waals surface area contributed by atoms with Gasteiger partial charge >= 0.3 is 0 Å². The number of amides is 1. The molecule has 0 fully saturated rings. The van der Waals surface area contributed by atoms with Crippen molar-refractivity contribution in [3.05, 3.63) is 89.5 Å². The molecule has 0 bridgehead atoms. The minimum Gasteiger partial charge on any atom is -0.298 e. The van der Waals surface area contributed by atoms with Crippen LogP contribution in [0, 0.1) is 0 Å². The topological polar surface area (TPSA) is 79.4 Å². The average Bonchev–Trinajstić information content (AvgIpc) is 3.21. The van der Waals surface area contributed by atoms with Crippen LogP contribution in [0.4, 0.5) is 5.13 Å². The molecule has 6 nitrogen and oxygen atoms in total. The van der Waals surface area contributed by atoms with Crippen LogP contribution in [0.2, 0.25) is 0 Å². The zero-order chi connectivity index (χ0) is 23.6. The van der Waals surface area contributed by atoms with Crippen molar-refractivity contribution < 1.29 is 13.2 Å². The molecule has 0 aliphatic carbocycles. The van der Waals surface area contributed by atoms with Gasteiger partial charge in [-0.3, -0.25) is 10.1 Å². The van der Waals surface area contributed by atoms with Crippen LogP contribution in [0.5, 0.6) is 0 Å². The van der Waals surface area contributed by atoms with Gasteiger partial charge in [0, 0.05) is 19.2 Å². The first kappa shape index (κ1) is 23.1. The normalized spacial score (nSPS) is 11.9. The Hall–Kier alpha value is -3.07. The summed E-state index contributed by atoms with van der Waals surface area (Å²) in [5.74, 6) is 0.0794. The summed E-state index contributed by atoms with van der Waals surface area (Å²) in [6.07, 6.45) is 0. The maximum atomic E-state index is 12.9. The first-order valence-corrected chi connectivity index (χ1v) is 12.8. The number of sulfonamides is 1. The minimum absolute atomic E-state index is 0.138. The molecule has 1 N–H and O–H groups in total. The highest BCUT2D eigenvalue weighted by Crippen LogP contribution is 2.29. The van der Waals surface area contributed by atoms with Gasteiger partial charge in [0.25, 0.3) is 5.91 Å². The van der Waals surface area contributed by atoms with Crippen LogP contribution in [0.15, 0.2) is 77.7 Å². The van der Waals surface area contributed by atoms with Gasteiger partial charge in [0.2, 0.25) is 10.0 Å². The van der Waals surface area contributed by atoms with E-state index in [-0.39, 0.29) is 17.3 Å². The quantitative estimate of drug-likeness (QED) is 0.380. The van der Waals surface area contributed by atoms with Gasteiger partial charge in [0.15, 0.2) is 5.13 Å². The molecule has 0 radical (unpaired) electrons. The lowest BCUT2D eigenvalue weighted by Crippen LogP contribution is -2.26. The Morgan fingerprint density at radius 2 is 1.73 bits per heavy atom. The Kier molecular flexibility index (Phi) is 6.60. The van der Waals surface area contributed by atoms with Crippen molar-refractivity contribution in [2.45, 2.75) is 31.2 Å². The van der Waals surface area contributed by atoms with E-state index in [0.29, 0.717) is 16.6 Å². The lowest BCUT2D eigenvalue weighted by Gasteiger charge is -2.17. The maximum Gasteiger partial charge on any atom is 0.257 e. The van der Waals surface area contributed by atoms with Gasteiger partial charge in [0.05, 0.1) is 15.1 Å². The molecule has 0 aliphatic rings. The lowest BCUT2D eigenvalue weighted by molar-refractivity contribution is 0.102. The largest absolute Gasteiger partial charge is 0.298 e. The number of carbonyl (C=O) groups is 1. The number of hydrogen-bond acceptors (Lipinski definition) is 5. The van der Waals surface area contributed by atoms with Gasteiger partial charge in [-0.05, 0) is 53.4 Å². The molecule has 0 spiro atoms. The van der Waals surface area contributed by atoms with Gasteiger partial charge in [-0.1, -0.05) is 61.6 Å². The summed E-state index contributed by atoms with van der Waals surface area (Å²) in [6.45, 7) is 4.53. The number of nitrogens with one attached hydrogen (secondary N) is 1. The number of benzene rings is 3. The third kappa shape index (κ3) is 5.13. The van der Waals surface area contributed by atoms with Gasteiger partial charge < -0.3 is 0 Å². The molecule has 0 aliphatic heterocycles. The number of hydrogen-bond donors (Lipinski definition) is 1. The predicted molar refractivity (Wildman–Crippen MR) is 133 cm³/mol. The summed E-state index contributed by atoms with van der Waals surface area (Å²) in [6, 6.07) is 21.4. The summed E-state index contributed by atoms with van der Waals surface area (Å²) >= 11 is 1.42. The fraction of sp³-hybridized carbons (Fsp3) is 0.200. The molecule has 1 aromatic heterocycles. The summed E-state index contributed by atoms with van der Waals surface area (Å²) in [7, 11) is -2.13. The SMILES string of the molecule is CC(C)c1ccc2nc(NC(=O)c3ccc(S(=O)(=O)N(C)Cc4ccccc4)cc3)sc2c1. The molecule has 0 atom stereocenters. The van der Waals surface area contributed by atoms with Crippen molar-refractivity contribution in [1.29, 1.82) is 0 Å². The monoisotopic (exact) mass is 479 g/mol. The Labute approximate surface area is 198 Å². The molecular formula is C25H25N3O3S2. The van der Waals surface area contributed by atoms with Crippen LogP contribution in [0.1, 0.15) is 41.3 Å². The number of aromatic nitrogens is 1. The number of carbonyl (C=O) groups excluding carboxylic acids is 1. The van der Waals surface area contributed by atoms with E-state index in [2.05, 4.69) is 30.2 Å². The lowest BCUT2D eigenvalue weighted by atomic mass is 10.0. The Bertz CT molecular complexity index is 1380. The smallest absolute Gasteiger partial charge is 0.257 e. The maximum absolute atomic E-state index is 12.9. The fourth-order valence-electron chi connectivity index (χ4n) is 3.41. The molecule has 0 unspecified atom stereocenters. The fourth-order valence-corrected chi connectivity index (χ4v) is 5.48. The zero-order valence-corrected chi connectivity index (χ0v) is 20.3. The molecule has 0 saturated carbocycles. The van der Waals surface area contributed by atoms with Crippen LogP contribution >= 0.6 is 11.3 Å². The molecule has 4 rings (SSSR count). The van der Waals surface area contributed by atoms with E-state index in [1.807, 2.05) is 42.5 Å². The van der Waals surface area contributed by atoms with Crippen LogP contribution < -0.4 is 5.32 Å². The van der Waals surface area contributed by atoms with Crippen molar-refractivity contribution in [2.24, 2.45) is 0 Å². The Morgan fingerprint density at radius 3 is 2.39 bits per heavy atom. The van der Waals surface area contributed by atoms with Crippen LogP contribution in [-0.2, 0) is 16.6 Å². The molecule has 1 heterocycles. The highest BCUT2D eigenvalue weighted by Gasteiger charge is 2.21. The number of anilines is 1. The Balaban J connectivity index is 1.47. The van der Waals surface area contributed by atoms with E-state index in [1.165, 1.54) is 45.5 Å². The standard InChI is InChI=1S/C25H25N3O3S2/c1-17(2)20-11-14-22-23(15-20)32-25(26-22)27-24(29)19-9-12-21(13-10-19)33(30,31)28(3)16-18-7-5-4-6-8-18/h4-15,17H,16H2,1-3H3,(H,26,27,29). The second-order valence-corrected chi connectivity index (χ2v) is 11.2. The van der Waals surface area contributed by atoms with Crippen molar-refractivity contribution in [3.8, 4) is 0 Å². The van der Waals surface area contributed by atoms with E-state index < -0.39 is 10.0 Å². The summed E-state index contributed by atoms with van der Waals surface area (Å²) in [4.78, 5) is 17.3. The number of fused-ring (bicyclic) bond motifs is 1. The molecule has 170 valence electrons. The minimum atomic E-state index is -3.68. The van der Waals surface area contributed by atoms with E-state index in [9.17, 15) is 13.2 Å². The van der Waals surface area contributed by atoms with E-state index in [0.717, 1.165) is 15.8 Å². The number of nitrogens with zero attached hydrogens (tertiary/aromatic N) is 2. The molecule has 4 aromatic rings. The number of rotatable bonds is 7. The predicted octanol–water partition coefficient (Wildman–Crippen LogP) is 5.49. The van der Waals surface area contributed by atoms with Crippen LogP contribution in [0.3, 0.4) is 0 Å². The first-order valence-electron chi connectivity index (χ1n) is 10.6. The van der Waals surface area contributed by atoms with Crippen LogP contribution in [0.25, 0.3) is 10.2 Å². The summed E-state index contributed by atoms with van der Waals surface area (Å²) in [5, 5.41) is 3.33. The van der Waals surface area contributed by atoms with Gasteiger partial charge in [0.1, 0.15) is 0 Å². The molecule has 1 amide bonds.